The SMILES string of the molecule is Cc1cnc([C@H](C)CNC(=O)Nc2cnc(C3CC3)nc2)s1. The number of amides is 2. The molecule has 6 nitrogen and oxygen atoms in total. The highest BCUT2D eigenvalue weighted by atomic mass is 32.1. The first-order valence-corrected chi connectivity index (χ1v) is 8.22. The Hall–Kier alpha value is -2.02. The van der Waals surface area contributed by atoms with Crippen molar-refractivity contribution in [3.05, 3.63) is 34.3 Å². The van der Waals surface area contributed by atoms with Gasteiger partial charge in [0.2, 0.25) is 0 Å². The second-order valence-corrected chi connectivity index (χ2v) is 6.92. The van der Waals surface area contributed by atoms with Crippen LogP contribution in [0.5, 0.6) is 0 Å². The van der Waals surface area contributed by atoms with Crippen LogP contribution in [0.3, 0.4) is 0 Å². The summed E-state index contributed by atoms with van der Waals surface area (Å²) in [5, 5.41) is 6.63. The molecule has 0 aromatic carbocycles. The minimum absolute atomic E-state index is 0.193. The molecule has 2 amide bonds. The van der Waals surface area contributed by atoms with Gasteiger partial charge in [-0.3, -0.25) is 0 Å². The van der Waals surface area contributed by atoms with Crippen LogP contribution >= 0.6 is 11.3 Å². The molecule has 0 unspecified atom stereocenters. The molecule has 1 aliphatic rings. The Morgan fingerprint density at radius 1 is 1.32 bits per heavy atom. The zero-order chi connectivity index (χ0) is 15.5. The summed E-state index contributed by atoms with van der Waals surface area (Å²) in [5.41, 5.74) is 0.611. The minimum Gasteiger partial charge on any atom is -0.337 e. The Kier molecular flexibility index (Phi) is 4.33. The summed E-state index contributed by atoms with van der Waals surface area (Å²) >= 11 is 1.66. The first-order chi connectivity index (χ1) is 10.6. The Labute approximate surface area is 133 Å². The molecule has 2 aromatic heterocycles. The average Bonchev–Trinajstić information content (AvgIpc) is 3.27. The van der Waals surface area contributed by atoms with Crippen molar-refractivity contribution in [3.63, 3.8) is 0 Å². The van der Waals surface area contributed by atoms with Gasteiger partial charge in [-0.05, 0) is 19.8 Å². The number of rotatable bonds is 5. The fourth-order valence-electron chi connectivity index (χ4n) is 2.06. The topological polar surface area (TPSA) is 79.8 Å². The summed E-state index contributed by atoms with van der Waals surface area (Å²) in [5.74, 6) is 1.59. The molecule has 3 rings (SSSR count). The summed E-state index contributed by atoms with van der Waals surface area (Å²) in [4.78, 5) is 26.0. The van der Waals surface area contributed by atoms with Crippen LogP contribution in [0.4, 0.5) is 10.5 Å². The van der Waals surface area contributed by atoms with E-state index >= 15 is 0 Å². The first kappa shape index (κ1) is 14.9. The molecule has 2 heterocycles. The fraction of sp³-hybridized carbons (Fsp3) is 0.467. The Morgan fingerprint density at radius 3 is 2.64 bits per heavy atom. The van der Waals surface area contributed by atoms with Crippen molar-refractivity contribution >= 4 is 23.1 Å². The number of aryl methyl sites for hydroxylation is 1. The molecule has 1 aliphatic carbocycles. The van der Waals surface area contributed by atoms with Gasteiger partial charge >= 0.3 is 6.03 Å². The molecule has 2 aromatic rings. The van der Waals surface area contributed by atoms with Gasteiger partial charge in [-0.25, -0.2) is 19.7 Å². The average molecular weight is 317 g/mol. The maximum absolute atomic E-state index is 11.9. The zero-order valence-corrected chi connectivity index (χ0v) is 13.5. The number of thiazole rings is 1. The van der Waals surface area contributed by atoms with Crippen molar-refractivity contribution in [1.29, 1.82) is 0 Å². The van der Waals surface area contributed by atoms with Crippen molar-refractivity contribution in [2.45, 2.75) is 38.5 Å². The van der Waals surface area contributed by atoms with E-state index in [9.17, 15) is 4.79 Å². The Bertz CT molecular complexity index is 650. The van der Waals surface area contributed by atoms with Gasteiger partial charge in [-0.2, -0.15) is 0 Å². The number of hydrogen-bond acceptors (Lipinski definition) is 5. The Morgan fingerprint density at radius 2 is 2.05 bits per heavy atom. The smallest absolute Gasteiger partial charge is 0.319 e. The molecular weight excluding hydrogens is 298 g/mol. The van der Waals surface area contributed by atoms with E-state index in [-0.39, 0.29) is 11.9 Å². The molecule has 1 fully saturated rings. The van der Waals surface area contributed by atoms with Crippen LogP contribution in [0.2, 0.25) is 0 Å². The molecule has 0 spiro atoms. The van der Waals surface area contributed by atoms with Crippen molar-refractivity contribution in [2.24, 2.45) is 0 Å². The maximum Gasteiger partial charge on any atom is 0.319 e. The van der Waals surface area contributed by atoms with Gasteiger partial charge in [0.15, 0.2) is 0 Å². The summed E-state index contributed by atoms with van der Waals surface area (Å²) < 4.78 is 0. The molecule has 0 bridgehead atoms. The van der Waals surface area contributed by atoms with Gasteiger partial charge in [-0.15, -0.1) is 11.3 Å². The largest absolute Gasteiger partial charge is 0.337 e. The lowest BCUT2D eigenvalue weighted by molar-refractivity contribution is 0.251. The van der Waals surface area contributed by atoms with Gasteiger partial charge in [0.05, 0.1) is 23.1 Å². The quantitative estimate of drug-likeness (QED) is 0.888. The van der Waals surface area contributed by atoms with Gasteiger partial charge in [0.25, 0.3) is 0 Å². The molecule has 0 radical (unpaired) electrons. The minimum atomic E-state index is -0.247. The predicted octanol–water partition coefficient (Wildman–Crippen LogP) is 3.04. The summed E-state index contributed by atoms with van der Waals surface area (Å²) in [6.45, 7) is 4.62. The number of urea groups is 1. The van der Waals surface area contributed by atoms with Gasteiger partial charge in [-0.1, -0.05) is 6.92 Å². The van der Waals surface area contributed by atoms with Gasteiger partial charge < -0.3 is 10.6 Å². The number of carbonyl (C=O) groups is 1. The summed E-state index contributed by atoms with van der Waals surface area (Å²) in [6.07, 6.45) is 7.51. The zero-order valence-electron chi connectivity index (χ0n) is 12.7. The van der Waals surface area contributed by atoms with Crippen LogP contribution in [0.1, 0.15) is 47.3 Å². The van der Waals surface area contributed by atoms with Gasteiger partial charge in [0.1, 0.15) is 5.82 Å². The van der Waals surface area contributed by atoms with E-state index in [1.165, 1.54) is 17.7 Å². The predicted molar refractivity (Wildman–Crippen MR) is 86.3 cm³/mol. The molecule has 0 saturated heterocycles. The van der Waals surface area contributed by atoms with Crippen LogP contribution in [0.15, 0.2) is 18.6 Å². The van der Waals surface area contributed by atoms with Crippen LogP contribution < -0.4 is 10.6 Å². The maximum atomic E-state index is 11.9. The van der Waals surface area contributed by atoms with E-state index in [1.807, 2.05) is 20.0 Å². The highest BCUT2D eigenvalue weighted by Crippen LogP contribution is 2.37. The number of aromatic nitrogens is 3. The standard InChI is InChI=1S/C15H19N5OS/c1-9(14-18-6-10(2)22-14)5-19-15(21)20-12-7-16-13(17-8-12)11-3-4-11/h6-9,11H,3-5H2,1-2H3,(H2,19,20,21)/t9-/m1/s1. The van der Waals surface area contributed by atoms with Crippen LogP contribution in [-0.4, -0.2) is 27.5 Å². The number of nitrogens with zero attached hydrogens (tertiary/aromatic N) is 3. The van der Waals surface area contributed by atoms with E-state index in [0.717, 1.165) is 10.8 Å². The van der Waals surface area contributed by atoms with Crippen molar-refractivity contribution in [3.8, 4) is 0 Å². The molecule has 7 heteroatoms. The Balaban J connectivity index is 1.47. The third-order valence-electron chi connectivity index (χ3n) is 3.50. The molecule has 2 N–H and O–H groups in total. The highest BCUT2D eigenvalue weighted by molar-refractivity contribution is 7.11. The van der Waals surface area contributed by atoms with E-state index in [0.29, 0.717) is 18.2 Å². The van der Waals surface area contributed by atoms with Crippen molar-refractivity contribution < 1.29 is 4.79 Å². The van der Waals surface area contributed by atoms with Crippen LogP contribution in [0.25, 0.3) is 0 Å². The van der Waals surface area contributed by atoms with E-state index in [1.54, 1.807) is 23.7 Å². The number of anilines is 1. The number of carbonyl (C=O) groups excluding carboxylic acids is 1. The molecule has 22 heavy (non-hydrogen) atoms. The first-order valence-electron chi connectivity index (χ1n) is 7.41. The monoisotopic (exact) mass is 317 g/mol. The molecule has 0 aliphatic heterocycles. The fourth-order valence-corrected chi connectivity index (χ4v) is 2.89. The number of nitrogens with one attached hydrogen (secondary N) is 2. The molecular formula is C15H19N5OS. The normalized spacial score (nSPS) is 15.4. The third-order valence-corrected chi connectivity index (χ3v) is 4.65. The van der Waals surface area contributed by atoms with Crippen LogP contribution in [0, 0.1) is 6.92 Å². The van der Waals surface area contributed by atoms with E-state index < -0.39 is 0 Å². The molecule has 1 atom stereocenters. The lowest BCUT2D eigenvalue weighted by Crippen LogP contribution is -2.31. The lowest BCUT2D eigenvalue weighted by atomic mass is 10.2. The second kappa shape index (κ2) is 6.39. The van der Waals surface area contributed by atoms with Crippen molar-refractivity contribution in [1.82, 2.24) is 20.3 Å². The van der Waals surface area contributed by atoms with E-state index in [2.05, 4.69) is 25.6 Å². The van der Waals surface area contributed by atoms with Crippen LogP contribution in [-0.2, 0) is 0 Å². The lowest BCUT2D eigenvalue weighted by Gasteiger charge is -2.11. The van der Waals surface area contributed by atoms with E-state index in [4.69, 9.17) is 0 Å². The summed E-state index contributed by atoms with van der Waals surface area (Å²) in [6, 6.07) is -0.247. The third kappa shape index (κ3) is 3.79. The number of hydrogen-bond donors (Lipinski definition) is 2. The molecule has 116 valence electrons. The second-order valence-electron chi connectivity index (χ2n) is 5.65. The van der Waals surface area contributed by atoms with Gasteiger partial charge in [0, 0.05) is 29.5 Å². The summed E-state index contributed by atoms with van der Waals surface area (Å²) in [7, 11) is 0. The molecule has 1 saturated carbocycles. The van der Waals surface area contributed by atoms with Crippen molar-refractivity contribution in [2.75, 3.05) is 11.9 Å². The highest BCUT2D eigenvalue weighted by Gasteiger charge is 2.26.